The van der Waals surface area contributed by atoms with Gasteiger partial charge in [0.15, 0.2) is 0 Å². The molecule has 4 nitrogen and oxygen atoms in total. The first-order chi connectivity index (χ1) is 14.5. The number of rotatable bonds is 2. The SMILES string of the molecule is CC(C)[C@@H]1c2cccn2-c2sc3c(c2CN1C(=O)Nc1cccc(Cl)c1)CCCC3. The van der Waals surface area contributed by atoms with Gasteiger partial charge in [-0.05, 0) is 67.5 Å². The number of carbonyl (C=O) groups excluding carboxylic acids is 1. The summed E-state index contributed by atoms with van der Waals surface area (Å²) in [4.78, 5) is 17.1. The van der Waals surface area contributed by atoms with Crippen molar-refractivity contribution in [2.45, 2.75) is 52.1 Å². The molecule has 0 radical (unpaired) electrons. The van der Waals surface area contributed by atoms with Crippen LogP contribution in [0.3, 0.4) is 0 Å². The maximum absolute atomic E-state index is 13.5. The molecule has 0 unspecified atom stereocenters. The molecule has 1 N–H and O–H groups in total. The number of urea groups is 1. The van der Waals surface area contributed by atoms with Gasteiger partial charge in [0.1, 0.15) is 5.00 Å². The summed E-state index contributed by atoms with van der Waals surface area (Å²) in [6.07, 6.45) is 6.93. The molecule has 1 aliphatic heterocycles. The lowest BCUT2D eigenvalue weighted by Crippen LogP contribution is -2.39. The summed E-state index contributed by atoms with van der Waals surface area (Å²) in [6.45, 7) is 5.02. The highest BCUT2D eigenvalue weighted by molar-refractivity contribution is 7.15. The zero-order valence-electron chi connectivity index (χ0n) is 17.3. The van der Waals surface area contributed by atoms with Gasteiger partial charge < -0.3 is 14.8 Å². The van der Waals surface area contributed by atoms with Gasteiger partial charge in [0, 0.05) is 33.0 Å². The van der Waals surface area contributed by atoms with Crippen molar-refractivity contribution in [1.29, 1.82) is 0 Å². The number of aromatic nitrogens is 1. The summed E-state index contributed by atoms with van der Waals surface area (Å²) in [6, 6.07) is 11.5. The molecule has 1 aromatic carbocycles. The monoisotopic (exact) mass is 439 g/mol. The third-order valence-electron chi connectivity index (χ3n) is 6.19. The van der Waals surface area contributed by atoms with Crippen LogP contribution in [0.2, 0.25) is 5.02 Å². The van der Waals surface area contributed by atoms with Gasteiger partial charge in [0.25, 0.3) is 0 Å². The Balaban J connectivity index is 1.59. The number of hydrogen-bond donors (Lipinski definition) is 1. The second-order valence-electron chi connectivity index (χ2n) is 8.55. The van der Waals surface area contributed by atoms with E-state index >= 15 is 0 Å². The molecule has 0 fully saturated rings. The van der Waals surface area contributed by atoms with Gasteiger partial charge >= 0.3 is 6.03 Å². The van der Waals surface area contributed by atoms with Gasteiger partial charge in [-0.25, -0.2) is 4.79 Å². The fraction of sp³-hybridized carbons (Fsp3) is 0.375. The lowest BCUT2D eigenvalue weighted by Gasteiger charge is -2.33. The van der Waals surface area contributed by atoms with E-state index in [1.807, 2.05) is 34.4 Å². The molecule has 156 valence electrons. The zero-order valence-corrected chi connectivity index (χ0v) is 18.9. The number of amides is 2. The maximum Gasteiger partial charge on any atom is 0.322 e. The molecule has 2 aromatic heterocycles. The number of aryl methyl sites for hydroxylation is 1. The van der Waals surface area contributed by atoms with Crippen molar-refractivity contribution in [3.63, 3.8) is 0 Å². The Kier molecular flexibility index (Phi) is 5.11. The molecule has 2 aliphatic rings. The van der Waals surface area contributed by atoms with Crippen molar-refractivity contribution in [2.24, 2.45) is 5.92 Å². The summed E-state index contributed by atoms with van der Waals surface area (Å²) in [7, 11) is 0. The summed E-state index contributed by atoms with van der Waals surface area (Å²) in [5.41, 5.74) is 4.72. The summed E-state index contributed by atoms with van der Waals surface area (Å²) < 4.78 is 2.33. The van der Waals surface area contributed by atoms with E-state index in [2.05, 4.69) is 42.1 Å². The number of halogens is 1. The Hall–Kier alpha value is -2.24. The molecular formula is C24H26ClN3OS. The molecule has 0 saturated carbocycles. The summed E-state index contributed by atoms with van der Waals surface area (Å²) >= 11 is 8.06. The maximum atomic E-state index is 13.5. The Bertz CT molecular complexity index is 1100. The Morgan fingerprint density at radius 3 is 2.80 bits per heavy atom. The highest BCUT2D eigenvalue weighted by atomic mass is 35.5. The molecular weight excluding hydrogens is 414 g/mol. The molecule has 30 heavy (non-hydrogen) atoms. The third kappa shape index (κ3) is 3.34. The van der Waals surface area contributed by atoms with Crippen molar-refractivity contribution in [1.82, 2.24) is 9.47 Å². The van der Waals surface area contributed by atoms with E-state index in [-0.39, 0.29) is 18.0 Å². The highest BCUT2D eigenvalue weighted by Gasteiger charge is 2.36. The van der Waals surface area contributed by atoms with Gasteiger partial charge in [-0.15, -0.1) is 11.3 Å². The minimum atomic E-state index is -0.0765. The molecule has 0 bridgehead atoms. The van der Waals surface area contributed by atoms with E-state index in [0.717, 1.165) is 18.5 Å². The van der Waals surface area contributed by atoms with Crippen molar-refractivity contribution in [3.05, 3.63) is 69.3 Å². The van der Waals surface area contributed by atoms with Crippen LogP contribution in [-0.2, 0) is 19.4 Å². The lowest BCUT2D eigenvalue weighted by atomic mass is 9.94. The van der Waals surface area contributed by atoms with E-state index in [1.54, 1.807) is 6.07 Å². The number of nitrogens with zero attached hydrogens (tertiary/aromatic N) is 2. The summed E-state index contributed by atoms with van der Waals surface area (Å²) in [5, 5.41) is 5.00. The standard InChI is InChI=1S/C24H26ClN3OS/c1-15(2)22-20-10-6-12-27(20)23-19(18-9-3-4-11-21(18)30-23)14-28(22)24(29)26-17-8-5-7-16(25)13-17/h5-8,10,12-13,15,22H,3-4,9,11,14H2,1-2H3,(H,26,29)/t22-/m1/s1. The molecule has 0 saturated heterocycles. The van der Waals surface area contributed by atoms with E-state index in [0.29, 0.717) is 11.6 Å². The average molecular weight is 440 g/mol. The minimum Gasteiger partial charge on any atom is -0.311 e. The van der Waals surface area contributed by atoms with Crippen molar-refractivity contribution in [2.75, 3.05) is 5.32 Å². The Morgan fingerprint density at radius 2 is 2.00 bits per heavy atom. The minimum absolute atomic E-state index is 0.00183. The second-order valence-corrected chi connectivity index (χ2v) is 10.1. The summed E-state index contributed by atoms with van der Waals surface area (Å²) in [5.74, 6) is 0.286. The van der Waals surface area contributed by atoms with E-state index in [4.69, 9.17) is 11.6 Å². The van der Waals surface area contributed by atoms with Crippen molar-refractivity contribution >= 4 is 34.7 Å². The number of hydrogen-bond acceptors (Lipinski definition) is 2. The normalized spacial score (nSPS) is 17.9. The zero-order chi connectivity index (χ0) is 20.8. The first-order valence-corrected chi connectivity index (χ1v) is 11.9. The van der Waals surface area contributed by atoms with Crippen LogP contribution in [0.15, 0.2) is 42.6 Å². The first kappa shape index (κ1) is 19.7. The molecule has 2 amide bonds. The highest BCUT2D eigenvalue weighted by Crippen LogP contribution is 2.44. The fourth-order valence-corrected chi connectivity index (χ4v) is 6.48. The number of carbonyl (C=O) groups is 1. The van der Waals surface area contributed by atoms with Crippen molar-refractivity contribution in [3.8, 4) is 5.00 Å². The molecule has 1 atom stereocenters. The molecule has 3 aromatic rings. The van der Waals surface area contributed by atoms with Crippen LogP contribution < -0.4 is 5.32 Å². The van der Waals surface area contributed by atoms with Gasteiger partial charge in [-0.2, -0.15) is 0 Å². The lowest BCUT2D eigenvalue weighted by molar-refractivity contribution is 0.161. The predicted octanol–water partition coefficient (Wildman–Crippen LogP) is 6.82. The number of anilines is 1. The smallest absolute Gasteiger partial charge is 0.311 e. The topological polar surface area (TPSA) is 37.3 Å². The first-order valence-electron chi connectivity index (χ1n) is 10.7. The molecule has 6 heteroatoms. The molecule has 5 rings (SSSR count). The molecule has 0 spiro atoms. The van der Waals surface area contributed by atoms with Crippen LogP contribution in [-0.4, -0.2) is 15.5 Å². The quantitative estimate of drug-likeness (QED) is 0.467. The number of benzene rings is 1. The second kappa shape index (κ2) is 7.78. The van der Waals surface area contributed by atoms with Crippen LogP contribution in [0, 0.1) is 5.92 Å². The predicted molar refractivity (Wildman–Crippen MR) is 124 cm³/mol. The molecule has 1 aliphatic carbocycles. The van der Waals surface area contributed by atoms with Crippen molar-refractivity contribution < 1.29 is 4.79 Å². The van der Waals surface area contributed by atoms with Crippen LogP contribution in [0.1, 0.15) is 54.4 Å². The Labute approximate surface area is 186 Å². The van der Waals surface area contributed by atoms with Crippen LogP contribution in [0.25, 0.3) is 5.00 Å². The van der Waals surface area contributed by atoms with E-state index in [1.165, 1.54) is 39.5 Å². The van der Waals surface area contributed by atoms with Gasteiger partial charge in [-0.1, -0.05) is 31.5 Å². The van der Waals surface area contributed by atoms with Gasteiger partial charge in [0.05, 0.1) is 12.6 Å². The number of thiophene rings is 1. The number of fused-ring (bicyclic) bond motifs is 5. The van der Waals surface area contributed by atoms with Gasteiger partial charge in [0.2, 0.25) is 0 Å². The largest absolute Gasteiger partial charge is 0.322 e. The average Bonchev–Trinajstić information content (AvgIpc) is 3.29. The van der Waals surface area contributed by atoms with E-state index < -0.39 is 0 Å². The van der Waals surface area contributed by atoms with Crippen LogP contribution in [0.5, 0.6) is 0 Å². The van der Waals surface area contributed by atoms with E-state index in [9.17, 15) is 4.79 Å². The van der Waals surface area contributed by atoms with Crippen LogP contribution >= 0.6 is 22.9 Å². The number of nitrogens with one attached hydrogen (secondary N) is 1. The molecule has 3 heterocycles. The fourth-order valence-electron chi connectivity index (χ4n) is 4.88. The van der Waals surface area contributed by atoms with Crippen LogP contribution in [0.4, 0.5) is 10.5 Å². The Morgan fingerprint density at radius 1 is 1.17 bits per heavy atom. The van der Waals surface area contributed by atoms with Gasteiger partial charge in [-0.3, -0.25) is 0 Å². The third-order valence-corrected chi connectivity index (χ3v) is 7.76.